The highest BCUT2D eigenvalue weighted by molar-refractivity contribution is 7.13. The number of likely N-dealkylation sites (N-methyl/N-ethyl adjacent to an activating group) is 1. The highest BCUT2D eigenvalue weighted by atomic mass is 35.5. The van der Waals surface area contributed by atoms with Gasteiger partial charge in [0.05, 0.1) is 15.7 Å². The van der Waals surface area contributed by atoms with Crippen LogP contribution in [0, 0.1) is 0 Å². The number of aromatic nitrogens is 1. The molecule has 1 aliphatic heterocycles. The fourth-order valence-electron chi connectivity index (χ4n) is 2.17. The molecule has 0 bridgehead atoms. The number of rotatable bonds is 2. The fourth-order valence-corrected chi connectivity index (χ4v) is 4.13. The summed E-state index contributed by atoms with van der Waals surface area (Å²) in [6.07, 6.45) is 0.831. The van der Waals surface area contributed by atoms with Crippen molar-refractivity contribution in [2.75, 3.05) is 13.6 Å². The third-order valence-electron chi connectivity index (χ3n) is 3.25. The van der Waals surface area contributed by atoms with Crippen LogP contribution >= 0.6 is 46.1 Å². The van der Waals surface area contributed by atoms with Crippen LogP contribution in [0.25, 0.3) is 0 Å². The molecule has 0 fully saturated rings. The minimum atomic E-state index is -0.562. The quantitative estimate of drug-likeness (QED) is 0.578. The summed E-state index contributed by atoms with van der Waals surface area (Å²) in [5.74, 6) is -0.462. The van der Waals surface area contributed by atoms with Gasteiger partial charge in [0.1, 0.15) is 0 Å². The predicted octanol–water partition coefficient (Wildman–Crippen LogP) is 4.31. The largest absolute Gasteiger partial charge is 0.418 e. The van der Waals surface area contributed by atoms with Crippen molar-refractivity contribution in [3.63, 3.8) is 0 Å². The van der Waals surface area contributed by atoms with Crippen molar-refractivity contribution in [2.45, 2.75) is 13.0 Å². The molecule has 1 aromatic carbocycles. The molecule has 0 aliphatic carbocycles. The van der Waals surface area contributed by atoms with Gasteiger partial charge in [0, 0.05) is 29.4 Å². The molecular weight excluding hydrogens is 367 g/mol. The van der Waals surface area contributed by atoms with Crippen molar-refractivity contribution in [1.82, 2.24) is 9.88 Å². The second kappa shape index (κ2) is 6.34. The summed E-state index contributed by atoms with van der Waals surface area (Å²) in [7, 11) is 2.04. The standard InChI is InChI=1S/C14H11Cl3N2O2S/c1-19-3-2-10-11(6-19)22-13(18-10)14(20)21-12-8(16)4-7(15)5-9(12)17/h4-5H,2-3,6H2,1H3. The Morgan fingerprint density at radius 3 is 2.68 bits per heavy atom. The molecule has 0 saturated heterocycles. The van der Waals surface area contributed by atoms with Crippen LogP contribution < -0.4 is 4.74 Å². The normalized spacial score (nSPS) is 14.7. The number of ether oxygens (including phenoxy) is 1. The summed E-state index contributed by atoms with van der Waals surface area (Å²) in [5.41, 5.74) is 0.961. The van der Waals surface area contributed by atoms with Gasteiger partial charge in [-0.1, -0.05) is 34.8 Å². The van der Waals surface area contributed by atoms with Crippen LogP contribution in [0.15, 0.2) is 12.1 Å². The fraction of sp³-hybridized carbons (Fsp3) is 0.286. The molecule has 1 aromatic heterocycles. The third-order valence-corrected chi connectivity index (χ3v) is 5.10. The van der Waals surface area contributed by atoms with Crippen LogP contribution in [-0.4, -0.2) is 29.4 Å². The number of fused-ring (bicyclic) bond motifs is 1. The topological polar surface area (TPSA) is 42.4 Å². The second-order valence-electron chi connectivity index (χ2n) is 4.96. The van der Waals surface area contributed by atoms with Crippen LogP contribution in [-0.2, 0) is 13.0 Å². The smallest absolute Gasteiger partial charge is 0.372 e. The zero-order valence-electron chi connectivity index (χ0n) is 11.5. The zero-order chi connectivity index (χ0) is 15.9. The van der Waals surface area contributed by atoms with Crippen molar-refractivity contribution in [1.29, 1.82) is 0 Å². The molecule has 0 amide bonds. The molecular formula is C14H11Cl3N2O2S. The first kappa shape index (κ1) is 16.0. The maximum absolute atomic E-state index is 12.3. The number of thiazole rings is 1. The lowest BCUT2D eigenvalue weighted by Crippen LogP contribution is -2.25. The number of esters is 1. The molecule has 22 heavy (non-hydrogen) atoms. The highest BCUT2D eigenvalue weighted by Gasteiger charge is 2.23. The number of benzene rings is 1. The van der Waals surface area contributed by atoms with Gasteiger partial charge in [0.25, 0.3) is 0 Å². The van der Waals surface area contributed by atoms with Crippen molar-refractivity contribution >= 4 is 52.1 Å². The number of hydrogen-bond donors (Lipinski definition) is 0. The number of carbonyl (C=O) groups is 1. The van der Waals surface area contributed by atoms with Gasteiger partial charge < -0.3 is 9.64 Å². The lowest BCUT2D eigenvalue weighted by molar-refractivity contribution is 0.0734. The highest BCUT2D eigenvalue weighted by Crippen LogP contribution is 2.36. The van der Waals surface area contributed by atoms with E-state index in [-0.39, 0.29) is 15.8 Å². The Hall–Kier alpha value is -0.850. The first-order valence-corrected chi connectivity index (χ1v) is 8.43. The molecule has 0 atom stereocenters. The SMILES string of the molecule is CN1CCc2nc(C(=O)Oc3c(Cl)cc(Cl)cc3Cl)sc2C1. The molecule has 0 unspecified atom stereocenters. The number of carbonyl (C=O) groups excluding carboxylic acids is 1. The van der Waals surface area contributed by atoms with Crippen LogP contribution in [0.4, 0.5) is 0 Å². The summed E-state index contributed by atoms with van der Waals surface area (Å²) < 4.78 is 5.29. The first-order chi connectivity index (χ1) is 10.4. The van der Waals surface area contributed by atoms with Crippen molar-refractivity contribution in [3.8, 4) is 5.75 Å². The van der Waals surface area contributed by atoms with Gasteiger partial charge in [0.2, 0.25) is 5.01 Å². The van der Waals surface area contributed by atoms with Crippen molar-refractivity contribution < 1.29 is 9.53 Å². The molecule has 0 saturated carbocycles. The third kappa shape index (κ3) is 3.24. The van der Waals surface area contributed by atoms with E-state index in [0.29, 0.717) is 10.0 Å². The molecule has 2 aromatic rings. The first-order valence-electron chi connectivity index (χ1n) is 6.48. The lowest BCUT2D eigenvalue weighted by Gasteiger charge is -2.20. The molecule has 0 radical (unpaired) electrons. The molecule has 1 aliphatic rings. The van der Waals surface area contributed by atoms with E-state index in [1.54, 1.807) is 0 Å². The molecule has 2 heterocycles. The number of halogens is 3. The summed E-state index contributed by atoms with van der Waals surface area (Å²) in [4.78, 5) is 19.9. The van der Waals surface area contributed by atoms with Crippen molar-refractivity contribution in [2.24, 2.45) is 0 Å². The molecule has 4 nitrogen and oxygen atoms in total. The Morgan fingerprint density at radius 1 is 1.32 bits per heavy atom. The molecule has 116 valence electrons. The zero-order valence-corrected chi connectivity index (χ0v) is 14.6. The summed E-state index contributed by atoms with van der Waals surface area (Å²) >= 11 is 19.2. The van der Waals surface area contributed by atoms with Gasteiger partial charge in [-0.15, -0.1) is 11.3 Å². The minimum Gasteiger partial charge on any atom is -0.418 e. The van der Waals surface area contributed by atoms with E-state index in [9.17, 15) is 4.79 Å². The van der Waals surface area contributed by atoms with Crippen LogP contribution in [0.5, 0.6) is 5.75 Å². The van der Waals surface area contributed by atoms with E-state index in [0.717, 1.165) is 30.1 Å². The predicted molar refractivity (Wildman–Crippen MR) is 88.6 cm³/mol. The van der Waals surface area contributed by atoms with Gasteiger partial charge in [-0.05, 0) is 19.2 Å². The van der Waals surface area contributed by atoms with E-state index in [1.165, 1.54) is 23.5 Å². The Morgan fingerprint density at radius 2 is 2.00 bits per heavy atom. The van der Waals surface area contributed by atoms with Crippen LogP contribution in [0.1, 0.15) is 20.4 Å². The number of nitrogens with zero attached hydrogens (tertiary/aromatic N) is 2. The Bertz CT molecular complexity index is 725. The number of hydrogen-bond acceptors (Lipinski definition) is 5. The van der Waals surface area contributed by atoms with E-state index in [4.69, 9.17) is 39.5 Å². The van der Waals surface area contributed by atoms with E-state index < -0.39 is 5.97 Å². The molecule has 0 spiro atoms. The average Bonchev–Trinajstić information content (AvgIpc) is 2.85. The molecule has 3 rings (SSSR count). The summed E-state index contributed by atoms with van der Waals surface area (Å²) in [5, 5.41) is 1.06. The maximum Gasteiger partial charge on any atom is 0.372 e. The van der Waals surface area contributed by atoms with Gasteiger partial charge in [0.15, 0.2) is 5.75 Å². The van der Waals surface area contributed by atoms with Crippen molar-refractivity contribution in [3.05, 3.63) is 42.8 Å². The maximum atomic E-state index is 12.3. The Labute approximate surface area is 146 Å². The van der Waals surface area contributed by atoms with Gasteiger partial charge in [-0.3, -0.25) is 0 Å². The van der Waals surface area contributed by atoms with Gasteiger partial charge >= 0.3 is 5.97 Å². The van der Waals surface area contributed by atoms with Gasteiger partial charge in [-0.2, -0.15) is 0 Å². The summed E-state index contributed by atoms with van der Waals surface area (Å²) in [6.45, 7) is 1.72. The van der Waals surface area contributed by atoms with E-state index >= 15 is 0 Å². The van der Waals surface area contributed by atoms with Gasteiger partial charge in [-0.25, -0.2) is 9.78 Å². The van der Waals surface area contributed by atoms with Crippen LogP contribution in [0.3, 0.4) is 0 Å². The monoisotopic (exact) mass is 376 g/mol. The Balaban J connectivity index is 1.84. The second-order valence-corrected chi connectivity index (χ2v) is 7.30. The Kier molecular flexibility index (Phi) is 4.61. The lowest BCUT2D eigenvalue weighted by atomic mass is 10.2. The summed E-state index contributed by atoms with van der Waals surface area (Å²) in [6, 6.07) is 2.94. The van der Waals surface area contributed by atoms with E-state index in [1.807, 2.05) is 7.05 Å². The molecule has 8 heteroatoms. The average molecular weight is 378 g/mol. The van der Waals surface area contributed by atoms with Crippen LogP contribution in [0.2, 0.25) is 15.1 Å². The van der Waals surface area contributed by atoms with E-state index in [2.05, 4.69) is 9.88 Å². The minimum absolute atomic E-state index is 0.100. The molecule has 0 N–H and O–H groups in total.